The first-order valence-electron chi connectivity index (χ1n) is 7.19. The Kier molecular flexibility index (Phi) is 10.4. The molecule has 1 aliphatic heterocycles. The summed E-state index contributed by atoms with van der Waals surface area (Å²) in [4.78, 5) is 16.0. The molecule has 2 unspecified atom stereocenters. The summed E-state index contributed by atoms with van der Waals surface area (Å²) in [6, 6.07) is 4.04. The molecule has 0 spiro atoms. The maximum Gasteiger partial charge on any atom is 0.220 e. The van der Waals surface area contributed by atoms with Gasteiger partial charge >= 0.3 is 0 Å². The molecule has 2 rings (SSSR count). The lowest BCUT2D eigenvalue weighted by Gasteiger charge is -2.17. The fourth-order valence-electron chi connectivity index (χ4n) is 2.58. The maximum atomic E-state index is 12.0. The predicted molar refractivity (Wildman–Crippen MR) is 90.1 cm³/mol. The number of nitrogens with one attached hydrogen (secondary N) is 2. The summed E-state index contributed by atoms with van der Waals surface area (Å²) in [5, 5.41) is 6.46. The van der Waals surface area contributed by atoms with Gasteiger partial charge < -0.3 is 10.6 Å². The van der Waals surface area contributed by atoms with Gasteiger partial charge in [-0.1, -0.05) is 6.92 Å². The number of pyridine rings is 1. The molecule has 0 aromatic carbocycles. The number of hydrogen-bond acceptors (Lipinski definition) is 3. The monoisotopic (exact) mass is 333 g/mol. The lowest BCUT2D eigenvalue weighted by Crippen LogP contribution is -2.28. The first kappa shape index (κ1) is 20.2. The molecular formula is C15H25Cl2N3O. The molecule has 1 amide bonds. The summed E-state index contributed by atoms with van der Waals surface area (Å²) in [6.07, 6.45) is 7.28. The van der Waals surface area contributed by atoms with Gasteiger partial charge in [-0.2, -0.15) is 0 Å². The minimum absolute atomic E-state index is 0. The average molecular weight is 334 g/mol. The van der Waals surface area contributed by atoms with E-state index in [2.05, 4.69) is 22.5 Å². The summed E-state index contributed by atoms with van der Waals surface area (Å²) < 4.78 is 0. The third-order valence-corrected chi connectivity index (χ3v) is 3.79. The highest BCUT2D eigenvalue weighted by molar-refractivity contribution is 5.85. The first-order valence-corrected chi connectivity index (χ1v) is 7.19. The van der Waals surface area contributed by atoms with Gasteiger partial charge in [0.1, 0.15) is 0 Å². The predicted octanol–water partition coefficient (Wildman–Crippen LogP) is 2.88. The van der Waals surface area contributed by atoms with Crippen LogP contribution in [0, 0.1) is 5.92 Å². The summed E-state index contributed by atoms with van der Waals surface area (Å²) in [6.45, 7) is 4.25. The lowest BCUT2D eigenvalue weighted by molar-refractivity contribution is -0.122. The molecule has 2 N–H and O–H groups in total. The Morgan fingerprint density at radius 1 is 1.43 bits per heavy atom. The zero-order valence-corrected chi connectivity index (χ0v) is 14.0. The summed E-state index contributed by atoms with van der Waals surface area (Å²) in [7, 11) is 0. The molecule has 1 fully saturated rings. The van der Waals surface area contributed by atoms with Crippen LogP contribution >= 0.6 is 24.8 Å². The quantitative estimate of drug-likeness (QED) is 0.841. The molecule has 6 heteroatoms. The van der Waals surface area contributed by atoms with Gasteiger partial charge in [-0.05, 0) is 56.0 Å². The van der Waals surface area contributed by atoms with Gasteiger partial charge in [0.25, 0.3) is 0 Å². The number of hydrogen-bond donors (Lipinski definition) is 2. The van der Waals surface area contributed by atoms with Crippen molar-refractivity contribution in [3.05, 3.63) is 30.1 Å². The van der Waals surface area contributed by atoms with Crippen LogP contribution in [0.2, 0.25) is 0 Å². The highest BCUT2D eigenvalue weighted by atomic mass is 35.5. The molecule has 2 heterocycles. The minimum Gasteiger partial charge on any atom is -0.349 e. The van der Waals surface area contributed by atoms with Crippen molar-refractivity contribution in [2.45, 2.75) is 38.6 Å². The van der Waals surface area contributed by atoms with Crippen LogP contribution in [0.4, 0.5) is 0 Å². The van der Waals surface area contributed by atoms with E-state index in [0.29, 0.717) is 12.3 Å². The number of aromatic nitrogens is 1. The molecule has 0 aliphatic carbocycles. The van der Waals surface area contributed by atoms with E-state index < -0.39 is 0 Å². The van der Waals surface area contributed by atoms with Gasteiger partial charge in [-0.3, -0.25) is 9.78 Å². The Bertz CT molecular complexity index is 397. The van der Waals surface area contributed by atoms with E-state index >= 15 is 0 Å². The third kappa shape index (κ3) is 6.64. The Balaban J connectivity index is 0.00000200. The molecule has 0 saturated carbocycles. The van der Waals surface area contributed by atoms with Crippen molar-refractivity contribution in [2.24, 2.45) is 5.92 Å². The average Bonchev–Trinajstić information content (AvgIpc) is 2.97. The highest BCUT2D eigenvalue weighted by Gasteiger charge is 2.17. The Labute approximate surface area is 139 Å². The van der Waals surface area contributed by atoms with Crippen molar-refractivity contribution in [3.8, 4) is 0 Å². The molecule has 2 atom stereocenters. The van der Waals surface area contributed by atoms with Gasteiger partial charge in [0.2, 0.25) is 5.91 Å². The fourth-order valence-corrected chi connectivity index (χ4v) is 2.58. The van der Waals surface area contributed by atoms with Crippen molar-refractivity contribution in [2.75, 3.05) is 13.1 Å². The standard InChI is InChI=1S/C15H23N3O.2ClH/c1-2-14(13-6-9-16-10-7-13)18-15(19)4-3-12-5-8-17-11-12;;/h6-7,9-10,12,14,17H,2-5,8,11H2,1H3,(H,18,19);2*1H. The molecule has 4 nitrogen and oxygen atoms in total. The van der Waals surface area contributed by atoms with E-state index in [0.717, 1.165) is 31.5 Å². The number of halogens is 2. The van der Waals surface area contributed by atoms with Gasteiger partial charge in [0, 0.05) is 18.8 Å². The second kappa shape index (κ2) is 10.8. The highest BCUT2D eigenvalue weighted by Crippen LogP contribution is 2.17. The topological polar surface area (TPSA) is 54.0 Å². The van der Waals surface area contributed by atoms with Crippen LogP contribution < -0.4 is 10.6 Å². The summed E-state index contributed by atoms with van der Waals surface area (Å²) in [5.74, 6) is 0.835. The van der Waals surface area contributed by atoms with E-state index in [1.807, 2.05) is 12.1 Å². The maximum absolute atomic E-state index is 12.0. The van der Waals surface area contributed by atoms with Crippen molar-refractivity contribution < 1.29 is 4.79 Å². The molecule has 1 saturated heterocycles. The van der Waals surface area contributed by atoms with Gasteiger partial charge in [-0.25, -0.2) is 0 Å². The van der Waals surface area contributed by atoms with E-state index in [4.69, 9.17) is 0 Å². The van der Waals surface area contributed by atoms with Crippen LogP contribution in [0.3, 0.4) is 0 Å². The molecule has 1 aliphatic rings. The van der Waals surface area contributed by atoms with Crippen LogP contribution in [-0.2, 0) is 4.79 Å². The van der Waals surface area contributed by atoms with Crippen molar-refractivity contribution >= 4 is 30.7 Å². The number of carbonyl (C=O) groups is 1. The van der Waals surface area contributed by atoms with Gasteiger partial charge in [0.05, 0.1) is 6.04 Å². The van der Waals surface area contributed by atoms with Crippen molar-refractivity contribution in [1.29, 1.82) is 0 Å². The zero-order chi connectivity index (χ0) is 13.5. The molecule has 1 aromatic rings. The fraction of sp³-hybridized carbons (Fsp3) is 0.600. The number of carbonyl (C=O) groups excluding carboxylic acids is 1. The van der Waals surface area contributed by atoms with E-state index in [1.165, 1.54) is 6.42 Å². The van der Waals surface area contributed by atoms with E-state index in [9.17, 15) is 4.79 Å². The number of nitrogens with zero attached hydrogens (tertiary/aromatic N) is 1. The smallest absolute Gasteiger partial charge is 0.220 e. The first-order chi connectivity index (χ1) is 9.29. The van der Waals surface area contributed by atoms with E-state index in [1.54, 1.807) is 12.4 Å². The van der Waals surface area contributed by atoms with Crippen LogP contribution in [-0.4, -0.2) is 24.0 Å². The third-order valence-electron chi connectivity index (χ3n) is 3.79. The Morgan fingerprint density at radius 2 is 2.14 bits per heavy atom. The van der Waals surface area contributed by atoms with Crippen LogP contribution in [0.5, 0.6) is 0 Å². The van der Waals surface area contributed by atoms with Crippen LogP contribution in [0.15, 0.2) is 24.5 Å². The Morgan fingerprint density at radius 3 is 2.71 bits per heavy atom. The number of rotatable bonds is 6. The van der Waals surface area contributed by atoms with Crippen molar-refractivity contribution in [3.63, 3.8) is 0 Å². The molecule has 0 radical (unpaired) electrons. The zero-order valence-electron chi connectivity index (χ0n) is 12.4. The second-order valence-electron chi connectivity index (χ2n) is 5.21. The summed E-state index contributed by atoms with van der Waals surface area (Å²) in [5.41, 5.74) is 1.13. The lowest BCUT2D eigenvalue weighted by atomic mass is 10.0. The molecular weight excluding hydrogens is 309 g/mol. The molecule has 21 heavy (non-hydrogen) atoms. The van der Waals surface area contributed by atoms with E-state index in [-0.39, 0.29) is 36.8 Å². The number of amides is 1. The molecule has 1 aromatic heterocycles. The normalized spacial score (nSPS) is 18.2. The SMILES string of the molecule is CCC(NC(=O)CCC1CCNC1)c1ccncc1.Cl.Cl. The van der Waals surface area contributed by atoms with Crippen molar-refractivity contribution in [1.82, 2.24) is 15.6 Å². The van der Waals surface area contributed by atoms with Crippen LogP contribution in [0.1, 0.15) is 44.2 Å². The van der Waals surface area contributed by atoms with Gasteiger partial charge in [-0.15, -0.1) is 24.8 Å². The summed E-state index contributed by atoms with van der Waals surface area (Å²) >= 11 is 0. The van der Waals surface area contributed by atoms with Gasteiger partial charge in [0.15, 0.2) is 0 Å². The largest absolute Gasteiger partial charge is 0.349 e. The second-order valence-corrected chi connectivity index (χ2v) is 5.21. The van der Waals surface area contributed by atoms with Crippen LogP contribution in [0.25, 0.3) is 0 Å². The molecule has 0 bridgehead atoms. The molecule has 120 valence electrons. The minimum atomic E-state index is 0. The Hall–Kier alpha value is -0.840.